The summed E-state index contributed by atoms with van der Waals surface area (Å²) in [6.07, 6.45) is 1.42. The van der Waals surface area contributed by atoms with Crippen molar-refractivity contribution in [1.29, 1.82) is 0 Å². The number of hydrogen-bond acceptors (Lipinski definition) is 4. The molecule has 0 heterocycles. The third-order valence-corrected chi connectivity index (χ3v) is 5.24. The molecule has 0 aliphatic carbocycles. The fourth-order valence-electron chi connectivity index (χ4n) is 2.52. The fourth-order valence-corrected chi connectivity index (χ4v) is 3.15. The quantitative estimate of drug-likeness (QED) is 0.805. The van der Waals surface area contributed by atoms with Crippen molar-refractivity contribution >= 4 is 15.7 Å². The van der Waals surface area contributed by atoms with E-state index in [1.165, 1.54) is 6.26 Å². The number of benzene rings is 2. The maximum atomic E-state index is 12.1. The molecule has 0 aromatic heterocycles. The summed E-state index contributed by atoms with van der Waals surface area (Å²) in [4.78, 5) is 12.4. The van der Waals surface area contributed by atoms with Gasteiger partial charge < -0.3 is 10.1 Å². The van der Waals surface area contributed by atoms with Crippen molar-refractivity contribution in [2.24, 2.45) is 0 Å². The normalized spacial score (nSPS) is 12.5. The van der Waals surface area contributed by atoms with Gasteiger partial charge in [0, 0.05) is 6.26 Å². The molecule has 140 valence electrons. The van der Waals surface area contributed by atoms with E-state index >= 15 is 0 Å². The van der Waals surface area contributed by atoms with Crippen LogP contribution in [-0.4, -0.2) is 27.2 Å². The van der Waals surface area contributed by atoms with Gasteiger partial charge in [0.1, 0.15) is 5.75 Å². The number of ether oxygens (including phenoxy) is 1. The van der Waals surface area contributed by atoms with Gasteiger partial charge in [-0.1, -0.05) is 24.3 Å². The first-order valence-corrected chi connectivity index (χ1v) is 10.4. The molecule has 0 saturated heterocycles. The Hall–Kier alpha value is -2.34. The van der Waals surface area contributed by atoms with E-state index in [2.05, 4.69) is 5.32 Å². The molecule has 2 aromatic carbocycles. The lowest BCUT2D eigenvalue weighted by Crippen LogP contribution is -2.27. The highest BCUT2D eigenvalue weighted by molar-refractivity contribution is 7.90. The van der Waals surface area contributed by atoms with Crippen LogP contribution in [0.1, 0.15) is 36.1 Å². The van der Waals surface area contributed by atoms with Crippen molar-refractivity contribution in [2.45, 2.75) is 38.1 Å². The summed E-state index contributed by atoms with van der Waals surface area (Å²) in [5.74, 6) is 0.678. The summed E-state index contributed by atoms with van der Waals surface area (Å²) >= 11 is 0. The van der Waals surface area contributed by atoms with Gasteiger partial charge in [0.15, 0.2) is 9.84 Å². The highest BCUT2D eigenvalue weighted by Gasteiger charge is 2.12. The van der Waals surface area contributed by atoms with Crippen LogP contribution in [0.15, 0.2) is 47.4 Å². The van der Waals surface area contributed by atoms with Crippen LogP contribution in [0.2, 0.25) is 0 Å². The van der Waals surface area contributed by atoms with E-state index in [1.54, 1.807) is 24.3 Å². The summed E-state index contributed by atoms with van der Waals surface area (Å²) in [5.41, 5.74) is 3.00. The predicted molar refractivity (Wildman–Crippen MR) is 102 cm³/mol. The van der Waals surface area contributed by atoms with Crippen molar-refractivity contribution in [2.75, 3.05) is 12.9 Å². The molecule has 0 aliphatic heterocycles. The van der Waals surface area contributed by atoms with E-state index in [0.717, 1.165) is 22.4 Å². The number of amides is 1. The number of sulfone groups is 1. The minimum Gasteiger partial charge on any atom is -0.493 e. The van der Waals surface area contributed by atoms with Crippen molar-refractivity contribution in [3.63, 3.8) is 0 Å². The number of rotatable bonds is 7. The Morgan fingerprint density at radius 3 is 2.38 bits per heavy atom. The molecule has 1 atom stereocenters. The Balaban J connectivity index is 1.86. The minimum atomic E-state index is -3.22. The second-order valence-corrected chi connectivity index (χ2v) is 8.51. The van der Waals surface area contributed by atoms with Crippen LogP contribution in [0.5, 0.6) is 5.75 Å². The summed E-state index contributed by atoms with van der Waals surface area (Å²) in [6, 6.07) is 12.3. The molecule has 2 aromatic rings. The zero-order valence-corrected chi connectivity index (χ0v) is 16.4. The Bertz CT molecular complexity index is 873. The molecule has 0 bridgehead atoms. The van der Waals surface area contributed by atoms with Crippen LogP contribution < -0.4 is 10.1 Å². The van der Waals surface area contributed by atoms with Gasteiger partial charge in [-0.25, -0.2) is 8.42 Å². The Kier molecular flexibility index (Phi) is 6.42. The molecule has 0 fully saturated rings. The topological polar surface area (TPSA) is 72.5 Å². The summed E-state index contributed by atoms with van der Waals surface area (Å²) in [5, 5.41) is 2.90. The first-order valence-electron chi connectivity index (χ1n) is 8.46. The lowest BCUT2D eigenvalue weighted by Gasteiger charge is -2.15. The largest absolute Gasteiger partial charge is 0.493 e. The van der Waals surface area contributed by atoms with Gasteiger partial charge in [0.05, 0.1) is 24.0 Å². The molecule has 0 spiro atoms. The standard InChI is InChI=1S/C20H25NO4S/c1-14-5-6-15(2)19(13-14)25-12-11-20(22)21-16(3)17-7-9-18(10-8-17)26(4,23)24/h5-10,13,16H,11-12H2,1-4H3,(H,21,22). The zero-order valence-electron chi connectivity index (χ0n) is 15.6. The van der Waals surface area contributed by atoms with Crippen LogP contribution in [0.3, 0.4) is 0 Å². The highest BCUT2D eigenvalue weighted by atomic mass is 32.2. The third kappa shape index (κ3) is 5.59. The lowest BCUT2D eigenvalue weighted by atomic mass is 10.1. The number of aryl methyl sites for hydroxylation is 2. The van der Waals surface area contributed by atoms with Crippen LogP contribution in [0.25, 0.3) is 0 Å². The smallest absolute Gasteiger partial charge is 0.223 e. The van der Waals surface area contributed by atoms with Crippen molar-refractivity contribution < 1.29 is 17.9 Å². The molecule has 0 aliphatic rings. The second-order valence-electron chi connectivity index (χ2n) is 6.50. The summed E-state index contributed by atoms with van der Waals surface area (Å²) in [7, 11) is -3.22. The van der Waals surface area contributed by atoms with Crippen LogP contribution in [0, 0.1) is 13.8 Å². The second kappa shape index (κ2) is 8.36. The Labute approximate surface area is 155 Å². The molecule has 1 amide bonds. The maximum Gasteiger partial charge on any atom is 0.223 e. The van der Waals surface area contributed by atoms with E-state index in [4.69, 9.17) is 4.74 Å². The summed E-state index contributed by atoms with van der Waals surface area (Å²) < 4.78 is 28.7. The molecule has 6 heteroatoms. The molecule has 0 saturated carbocycles. The van der Waals surface area contributed by atoms with Gasteiger partial charge in [0.2, 0.25) is 5.91 Å². The molecule has 1 N–H and O–H groups in total. The first kappa shape index (κ1) is 20.0. The fraction of sp³-hybridized carbons (Fsp3) is 0.350. The Morgan fingerprint density at radius 1 is 1.12 bits per heavy atom. The van der Waals surface area contributed by atoms with E-state index in [1.807, 2.05) is 39.0 Å². The van der Waals surface area contributed by atoms with Crippen molar-refractivity contribution in [1.82, 2.24) is 5.32 Å². The van der Waals surface area contributed by atoms with E-state index in [-0.39, 0.29) is 23.3 Å². The molecule has 2 rings (SSSR count). The molecule has 5 nitrogen and oxygen atoms in total. The lowest BCUT2D eigenvalue weighted by molar-refractivity contribution is -0.122. The highest BCUT2D eigenvalue weighted by Crippen LogP contribution is 2.19. The summed E-state index contributed by atoms with van der Waals surface area (Å²) in [6.45, 7) is 6.13. The van der Waals surface area contributed by atoms with E-state index < -0.39 is 9.84 Å². The van der Waals surface area contributed by atoms with E-state index in [9.17, 15) is 13.2 Å². The molecule has 1 unspecified atom stereocenters. The Morgan fingerprint density at radius 2 is 1.77 bits per heavy atom. The van der Waals surface area contributed by atoms with Gasteiger partial charge in [0.25, 0.3) is 0 Å². The van der Waals surface area contributed by atoms with Gasteiger partial charge in [-0.2, -0.15) is 0 Å². The molecular weight excluding hydrogens is 350 g/mol. The SMILES string of the molecule is Cc1ccc(C)c(OCCC(=O)NC(C)c2ccc(S(C)(=O)=O)cc2)c1. The van der Waals surface area contributed by atoms with Crippen LogP contribution >= 0.6 is 0 Å². The molecular formula is C20H25NO4S. The average molecular weight is 375 g/mol. The predicted octanol–water partition coefficient (Wildman–Crippen LogP) is 3.35. The first-order chi connectivity index (χ1) is 12.2. The van der Waals surface area contributed by atoms with Crippen molar-refractivity contribution in [3.05, 3.63) is 59.2 Å². The van der Waals surface area contributed by atoms with Crippen LogP contribution in [0.4, 0.5) is 0 Å². The average Bonchev–Trinajstić information content (AvgIpc) is 2.57. The van der Waals surface area contributed by atoms with Crippen molar-refractivity contribution in [3.8, 4) is 5.75 Å². The molecule has 0 radical (unpaired) electrons. The van der Waals surface area contributed by atoms with Crippen LogP contribution in [-0.2, 0) is 14.6 Å². The maximum absolute atomic E-state index is 12.1. The molecule has 26 heavy (non-hydrogen) atoms. The monoisotopic (exact) mass is 375 g/mol. The number of hydrogen-bond donors (Lipinski definition) is 1. The minimum absolute atomic E-state index is 0.116. The van der Waals surface area contributed by atoms with Gasteiger partial charge in [-0.3, -0.25) is 4.79 Å². The van der Waals surface area contributed by atoms with Gasteiger partial charge in [-0.05, 0) is 55.7 Å². The van der Waals surface area contributed by atoms with E-state index in [0.29, 0.717) is 6.61 Å². The zero-order chi connectivity index (χ0) is 19.3. The van der Waals surface area contributed by atoms with Gasteiger partial charge in [-0.15, -0.1) is 0 Å². The number of carbonyl (C=O) groups is 1. The third-order valence-electron chi connectivity index (χ3n) is 4.12. The number of nitrogens with one attached hydrogen (secondary N) is 1. The number of carbonyl (C=O) groups excluding carboxylic acids is 1. The van der Waals surface area contributed by atoms with Gasteiger partial charge >= 0.3 is 0 Å².